The summed E-state index contributed by atoms with van der Waals surface area (Å²) in [5, 5.41) is 6.72. The molecule has 0 aliphatic carbocycles. The molecule has 0 aliphatic rings. The third kappa shape index (κ3) is 2.48. The first-order valence-electron chi connectivity index (χ1n) is 4.20. The van der Waals surface area contributed by atoms with Crippen molar-refractivity contribution in [3.05, 3.63) is 40.0 Å². The van der Waals surface area contributed by atoms with Crippen LogP contribution in [0.25, 0.3) is 10.8 Å². The standard InChI is InChI=1S/C10H8INO2S.ClH/c11-9-5-1-4-8-7(9)3-2-6-10(8)15(12,13)14;/h1-6H,(H2,12,13,14);1H. The first-order chi connectivity index (χ1) is 7.00. The third-order valence-electron chi connectivity index (χ3n) is 2.14. The molecule has 86 valence electrons. The predicted octanol–water partition coefficient (Wildman–Crippen LogP) is 2.51. The lowest BCUT2D eigenvalue weighted by Gasteiger charge is -2.05. The molecule has 2 aromatic carbocycles. The van der Waals surface area contributed by atoms with Gasteiger partial charge >= 0.3 is 0 Å². The van der Waals surface area contributed by atoms with Gasteiger partial charge in [-0.1, -0.05) is 24.3 Å². The Labute approximate surface area is 114 Å². The molecule has 2 N–H and O–H groups in total. The summed E-state index contributed by atoms with van der Waals surface area (Å²) in [6.07, 6.45) is 0. The van der Waals surface area contributed by atoms with Gasteiger partial charge in [-0.3, -0.25) is 0 Å². The lowest BCUT2D eigenvalue weighted by molar-refractivity contribution is 0.598. The van der Waals surface area contributed by atoms with Crippen molar-refractivity contribution in [2.24, 2.45) is 5.14 Å². The first kappa shape index (κ1) is 13.7. The molecule has 0 heterocycles. The zero-order valence-electron chi connectivity index (χ0n) is 8.05. The molecule has 0 atom stereocenters. The van der Waals surface area contributed by atoms with Gasteiger partial charge in [-0.05, 0) is 40.1 Å². The van der Waals surface area contributed by atoms with Crippen molar-refractivity contribution in [2.45, 2.75) is 4.90 Å². The van der Waals surface area contributed by atoms with Crippen molar-refractivity contribution < 1.29 is 8.42 Å². The zero-order chi connectivity index (χ0) is 11.1. The van der Waals surface area contributed by atoms with Crippen LogP contribution in [0.4, 0.5) is 0 Å². The molecule has 0 saturated carbocycles. The van der Waals surface area contributed by atoms with Gasteiger partial charge in [0.1, 0.15) is 0 Å². The molecule has 0 spiro atoms. The molecular formula is C10H9ClINO2S. The van der Waals surface area contributed by atoms with Crippen LogP contribution in [-0.2, 0) is 10.0 Å². The van der Waals surface area contributed by atoms with Crippen LogP contribution >= 0.6 is 35.0 Å². The molecule has 16 heavy (non-hydrogen) atoms. The third-order valence-corrected chi connectivity index (χ3v) is 4.05. The first-order valence-corrected chi connectivity index (χ1v) is 6.83. The van der Waals surface area contributed by atoms with Crippen LogP contribution in [0.5, 0.6) is 0 Å². The van der Waals surface area contributed by atoms with E-state index < -0.39 is 10.0 Å². The van der Waals surface area contributed by atoms with E-state index in [9.17, 15) is 8.42 Å². The second-order valence-electron chi connectivity index (χ2n) is 3.14. The van der Waals surface area contributed by atoms with E-state index in [4.69, 9.17) is 5.14 Å². The highest BCUT2D eigenvalue weighted by Crippen LogP contribution is 2.25. The molecule has 0 amide bonds. The van der Waals surface area contributed by atoms with Gasteiger partial charge in [0.05, 0.1) is 4.90 Å². The summed E-state index contributed by atoms with van der Waals surface area (Å²) in [4.78, 5) is 0.179. The molecule has 3 nitrogen and oxygen atoms in total. The van der Waals surface area contributed by atoms with Gasteiger partial charge in [-0.2, -0.15) is 0 Å². The normalized spacial score (nSPS) is 11.1. The van der Waals surface area contributed by atoms with Gasteiger partial charge in [0.25, 0.3) is 0 Å². The summed E-state index contributed by atoms with van der Waals surface area (Å²) in [6, 6.07) is 10.6. The summed E-state index contributed by atoms with van der Waals surface area (Å²) in [6.45, 7) is 0. The molecular weight excluding hydrogens is 361 g/mol. The maximum atomic E-state index is 11.3. The van der Waals surface area contributed by atoms with Crippen molar-refractivity contribution in [1.29, 1.82) is 0 Å². The molecule has 0 unspecified atom stereocenters. The van der Waals surface area contributed by atoms with Gasteiger partial charge in [0, 0.05) is 8.96 Å². The van der Waals surface area contributed by atoms with Crippen LogP contribution in [0, 0.1) is 3.57 Å². The minimum absolute atomic E-state index is 0. The molecule has 2 aromatic rings. The van der Waals surface area contributed by atoms with Gasteiger partial charge < -0.3 is 0 Å². The Morgan fingerprint density at radius 2 is 1.56 bits per heavy atom. The summed E-state index contributed by atoms with van der Waals surface area (Å²) in [5.74, 6) is 0. The monoisotopic (exact) mass is 369 g/mol. The van der Waals surface area contributed by atoms with Gasteiger partial charge in [-0.25, -0.2) is 13.6 Å². The van der Waals surface area contributed by atoms with E-state index in [1.807, 2.05) is 18.2 Å². The lowest BCUT2D eigenvalue weighted by Crippen LogP contribution is -2.12. The Hall–Kier alpha value is -0.370. The van der Waals surface area contributed by atoms with Crippen molar-refractivity contribution in [2.75, 3.05) is 0 Å². The molecule has 0 fully saturated rings. The number of rotatable bonds is 1. The minimum atomic E-state index is -3.65. The fourth-order valence-corrected chi connectivity index (χ4v) is 2.92. The van der Waals surface area contributed by atoms with Crippen molar-refractivity contribution in [3.63, 3.8) is 0 Å². The number of fused-ring (bicyclic) bond motifs is 1. The van der Waals surface area contributed by atoms with E-state index in [0.29, 0.717) is 5.39 Å². The average molecular weight is 370 g/mol. The second-order valence-corrected chi connectivity index (χ2v) is 5.83. The fourth-order valence-electron chi connectivity index (χ4n) is 1.49. The topological polar surface area (TPSA) is 60.2 Å². The highest BCUT2D eigenvalue weighted by molar-refractivity contribution is 14.1. The van der Waals surface area contributed by atoms with Crippen molar-refractivity contribution in [3.8, 4) is 0 Å². The van der Waals surface area contributed by atoms with E-state index >= 15 is 0 Å². The number of halogens is 2. The van der Waals surface area contributed by atoms with Crippen LogP contribution in [0.2, 0.25) is 0 Å². The molecule has 2 rings (SSSR count). The largest absolute Gasteiger partial charge is 0.238 e. The lowest BCUT2D eigenvalue weighted by atomic mass is 10.1. The maximum Gasteiger partial charge on any atom is 0.238 e. The van der Waals surface area contributed by atoms with Gasteiger partial charge in [0.15, 0.2) is 0 Å². The van der Waals surface area contributed by atoms with E-state index in [1.54, 1.807) is 12.1 Å². The highest BCUT2D eigenvalue weighted by Gasteiger charge is 2.12. The Morgan fingerprint density at radius 3 is 2.19 bits per heavy atom. The fraction of sp³-hybridized carbons (Fsp3) is 0. The molecule has 0 aromatic heterocycles. The van der Waals surface area contributed by atoms with Crippen molar-refractivity contribution in [1.82, 2.24) is 0 Å². The predicted molar refractivity (Wildman–Crippen MR) is 75.3 cm³/mol. The average Bonchev–Trinajstić information content (AvgIpc) is 2.16. The molecule has 0 aliphatic heterocycles. The molecule has 6 heteroatoms. The van der Waals surface area contributed by atoms with E-state index in [-0.39, 0.29) is 17.3 Å². The number of benzene rings is 2. The van der Waals surface area contributed by atoms with Crippen LogP contribution in [0.3, 0.4) is 0 Å². The Balaban J connectivity index is 0.00000128. The number of hydrogen-bond acceptors (Lipinski definition) is 2. The van der Waals surface area contributed by atoms with Crippen LogP contribution < -0.4 is 5.14 Å². The SMILES string of the molecule is Cl.NS(=O)(=O)c1cccc2c(I)cccc12. The Morgan fingerprint density at radius 1 is 1.00 bits per heavy atom. The summed E-state index contributed by atoms with van der Waals surface area (Å²) in [7, 11) is -3.65. The van der Waals surface area contributed by atoms with Crippen LogP contribution in [0.15, 0.2) is 41.3 Å². The number of primary sulfonamides is 1. The number of hydrogen-bond donors (Lipinski definition) is 1. The summed E-state index contributed by atoms with van der Waals surface area (Å²) in [5.41, 5.74) is 0. The Kier molecular flexibility index (Phi) is 4.17. The second kappa shape index (κ2) is 4.87. The van der Waals surface area contributed by atoms with Gasteiger partial charge in [0.2, 0.25) is 10.0 Å². The van der Waals surface area contributed by atoms with Crippen LogP contribution in [0.1, 0.15) is 0 Å². The zero-order valence-corrected chi connectivity index (χ0v) is 11.8. The van der Waals surface area contributed by atoms with Gasteiger partial charge in [-0.15, -0.1) is 12.4 Å². The highest BCUT2D eigenvalue weighted by atomic mass is 127. The maximum absolute atomic E-state index is 11.3. The smallest absolute Gasteiger partial charge is 0.225 e. The molecule has 0 bridgehead atoms. The Bertz CT molecular complexity index is 628. The van der Waals surface area contributed by atoms with E-state index in [1.165, 1.54) is 6.07 Å². The molecule has 0 saturated heterocycles. The van der Waals surface area contributed by atoms with Crippen LogP contribution in [-0.4, -0.2) is 8.42 Å². The number of nitrogens with two attached hydrogens (primary N) is 1. The minimum Gasteiger partial charge on any atom is -0.225 e. The molecule has 0 radical (unpaired) electrons. The van der Waals surface area contributed by atoms with E-state index in [2.05, 4.69) is 22.6 Å². The van der Waals surface area contributed by atoms with Crippen molar-refractivity contribution >= 4 is 55.8 Å². The summed E-state index contributed by atoms with van der Waals surface area (Å²) >= 11 is 2.17. The number of sulfonamides is 1. The quantitative estimate of drug-likeness (QED) is 0.785. The van der Waals surface area contributed by atoms with E-state index in [0.717, 1.165) is 8.96 Å². The summed E-state index contributed by atoms with van der Waals surface area (Å²) < 4.78 is 23.7.